The average Bonchev–Trinajstić information content (AvgIpc) is 4.05. The van der Waals surface area contributed by atoms with E-state index in [0.29, 0.717) is 19.6 Å². The van der Waals surface area contributed by atoms with Gasteiger partial charge in [-0.05, 0) is 80.8 Å². The van der Waals surface area contributed by atoms with Gasteiger partial charge in [0.2, 0.25) is 0 Å². The molecule has 2 aromatic rings. The molecule has 0 aromatic heterocycles. The molecule has 0 saturated carbocycles. The lowest BCUT2D eigenvalue weighted by Crippen LogP contribution is -2.18. The molecule has 2 aliphatic heterocycles. The van der Waals surface area contributed by atoms with Crippen LogP contribution >= 0.6 is 0 Å². The van der Waals surface area contributed by atoms with E-state index in [-0.39, 0.29) is 23.2 Å². The van der Waals surface area contributed by atoms with E-state index in [1.807, 2.05) is 24.3 Å². The quantitative estimate of drug-likeness (QED) is 0.0507. The highest BCUT2D eigenvalue weighted by Gasteiger charge is 2.25. The number of carboxylic acids is 2. The zero-order valence-corrected chi connectivity index (χ0v) is 31.4. The fraction of sp³-hybridized carbons (Fsp3) is 0.535. The number of carboxylic acid groups (broad SMARTS) is 2. The highest BCUT2D eigenvalue weighted by atomic mass is 16.6. The van der Waals surface area contributed by atoms with Gasteiger partial charge in [0.25, 0.3) is 0 Å². The van der Waals surface area contributed by atoms with Crippen molar-refractivity contribution in [1.29, 1.82) is 0 Å². The first-order valence-electron chi connectivity index (χ1n) is 18.6. The second-order valence-electron chi connectivity index (χ2n) is 13.7. The fourth-order valence-corrected chi connectivity index (χ4v) is 4.90. The summed E-state index contributed by atoms with van der Waals surface area (Å²) >= 11 is 0. The number of hydrogen-bond donors (Lipinski definition) is 2. The number of allylic oxidation sites excluding steroid dienone is 4. The SMILES string of the molecule is C=C(C)C(=O)O.CC(C)(c1ccc(OCC2CO2)cc1)c1ccc(OCC2CO2)cc1.CCCCC/C=C\C/C=C\CCCCCCCC(=O)O. The van der Waals surface area contributed by atoms with Gasteiger partial charge in [0.1, 0.15) is 36.9 Å². The Morgan fingerprint density at radius 3 is 1.55 bits per heavy atom. The largest absolute Gasteiger partial charge is 0.491 e. The Balaban J connectivity index is 0.000000312. The normalized spacial score (nSPS) is 16.1. The van der Waals surface area contributed by atoms with E-state index in [4.69, 9.17) is 29.2 Å². The third kappa shape index (κ3) is 21.2. The molecule has 2 fully saturated rings. The summed E-state index contributed by atoms with van der Waals surface area (Å²) in [5.74, 6) is 0.174. The Labute approximate surface area is 306 Å². The second-order valence-corrected chi connectivity index (χ2v) is 13.7. The van der Waals surface area contributed by atoms with E-state index in [9.17, 15) is 9.59 Å². The van der Waals surface area contributed by atoms with Crippen LogP contribution in [0.4, 0.5) is 0 Å². The van der Waals surface area contributed by atoms with Gasteiger partial charge in [0, 0.05) is 17.4 Å². The highest BCUT2D eigenvalue weighted by Crippen LogP contribution is 2.33. The number of ether oxygens (including phenoxy) is 4. The monoisotopic (exact) mass is 706 g/mol. The Morgan fingerprint density at radius 1 is 0.745 bits per heavy atom. The first-order valence-corrected chi connectivity index (χ1v) is 18.6. The van der Waals surface area contributed by atoms with Gasteiger partial charge in [-0.25, -0.2) is 4.79 Å². The van der Waals surface area contributed by atoms with Gasteiger partial charge in [0.15, 0.2) is 0 Å². The summed E-state index contributed by atoms with van der Waals surface area (Å²) in [4.78, 5) is 19.9. The Morgan fingerprint density at radius 2 is 1.16 bits per heavy atom. The molecule has 0 amide bonds. The fourth-order valence-electron chi connectivity index (χ4n) is 4.90. The van der Waals surface area contributed by atoms with Gasteiger partial charge in [-0.3, -0.25) is 4.79 Å². The maximum Gasteiger partial charge on any atom is 0.330 e. The minimum atomic E-state index is -0.935. The van der Waals surface area contributed by atoms with Crippen LogP contribution in [0, 0.1) is 0 Å². The number of benzene rings is 2. The van der Waals surface area contributed by atoms with Crippen LogP contribution in [0.15, 0.2) is 85.0 Å². The van der Waals surface area contributed by atoms with Crippen molar-refractivity contribution in [3.05, 3.63) is 96.1 Å². The topological polar surface area (TPSA) is 118 Å². The molecule has 0 radical (unpaired) electrons. The third-order valence-electron chi connectivity index (χ3n) is 8.53. The molecule has 0 spiro atoms. The van der Waals surface area contributed by atoms with Gasteiger partial charge in [-0.15, -0.1) is 0 Å². The number of epoxide rings is 2. The smallest absolute Gasteiger partial charge is 0.330 e. The van der Waals surface area contributed by atoms with Gasteiger partial charge >= 0.3 is 11.9 Å². The summed E-state index contributed by atoms with van der Waals surface area (Å²) < 4.78 is 21.8. The van der Waals surface area contributed by atoms with Gasteiger partial charge in [-0.2, -0.15) is 0 Å². The van der Waals surface area contributed by atoms with Crippen molar-refractivity contribution >= 4 is 11.9 Å². The Bertz CT molecular complexity index is 1250. The molecular formula is C43H62O8. The van der Waals surface area contributed by atoms with Crippen molar-refractivity contribution in [2.75, 3.05) is 26.4 Å². The maximum absolute atomic E-state index is 10.3. The molecule has 2 heterocycles. The highest BCUT2D eigenvalue weighted by molar-refractivity contribution is 5.84. The van der Waals surface area contributed by atoms with Crippen molar-refractivity contribution in [1.82, 2.24) is 0 Å². The van der Waals surface area contributed by atoms with E-state index in [2.05, 4.69) is 75.9 Å². The van der Waals surface area contributed by atoms with Gasteiger partial charge < -0.3 is 29.2 Å². The number of unbranched alkanes of at least 4 members (excludes halogenated alkanes) is 8. The van der Waals surface area contributed by atoms with Crippen LogP contribution in [0.5, 0.6) is 11.5 Å². The number of aliphatic carboxylic acids is 2. The average molecular weight is 707 g/mol. The summed E-state index contributed by atoms with van der Waals surface area (Å²) in [7, 11) is 0. The van der Waals surface area contributed by atoms with E-state index >= 15 is 0 Å². The number of hydrogen-bond acceptors (Lipinski definition) is 6. The lowest BCUT2D eigenvalue weighted by molar-refractivity contribution is -0.137. The summed E-state index contributed by atoms with van der Waals surface area (Å²) in [5, 5.41) is 16.4. The molecule has 4 rings (SSSR count). The summed E-state index contributed by atoms with van der Waals surface area (Å²) in [5.41, 5.74) is 2.59. The molecule has 2 unspecified atom stereocenters. The third-order valence-corrected chi connectivity index (χ3v) is 8.53. The van der Waals surface area contributed by atoms with Crippen LogP contribution in [0.3, 0.4) is 0 Å². The molecular weight excluding hydrogens is 644 g/mol. The van der Waals surface area contributed by atoms with E-state index in [1.165, 1.54) is 63.0 Å². The lowest BCUT2D eigenvalue weighted by Gasteiger charge is -2.26. The van der Waals surface area contributed by atoms with Crippen LogP contribution in [0.25, 0.3) is 0 Å². The minimum Gasteiger partial charge on any atom is -0.491 e. The molecule has 2 N–H and O–H groups in total. The van der Waals surface area contributed by atoms with E-state index < -0.39 is 11.9 Å². The van der Waals surface area contributed by atoms with E-state index in [0.717, 1.165) is 50.4 Å². The van der Waals surface area contributed by atoms with Crippen LogP contribution < -0.4 is 9.47 Å². The predicted octanol–water partition coefficient (Wildman–Crippen LogP) is 10.1. The molecule has 0 bridgehead atoms. The molecule has 0 aliphatic carbocycles. The first kappa shape index (κ1) is 43.3. The van der Waals surface area contributed by atoms with Crippen molar-refractivity contribution in [3.8, 4) is 11.5 Å². The maximum atomic E-state index is 10.3. The summed E-state index contributed by atoms with van der Waals surface area (Å²) in [6.07, 6.45) is 22.8. The van der Waals surface area contributed by atoms with Crippen molar-refractivity contribution < 1.29 is 38.7 Å². The van der Waals surface area contributed by atoms with Crippen LogP contribution in [0.2, 0.25) is 0 Å². The Hall–Kier alpha value is -3.88. The van der Waals surface area contributed by atoms with Crippen LogP contribution in [0.1, 0.15) is 116 Å². The lowest BCUT2D eigenvalue weighted by atomic mass is 9.78. The molecule has 8 nitrogen and oxygen atoms in total. The number of rotatable bonds is 23. The molecule has 2 saturated heterocycles. The first-order chi connectivity index (χ1) is 24.5. The zero-order valence-electron chi connectivity index (χ0n) is 31.4. The molecule has 2 aromatic carbocycles. The molecule has 282 valence electrons. The minimum absolute atomic E-state index is 0.0870. The Kier molecular flexibility index (Phi) is 21.3. The predicted molar refractivity (Wildman–Crippen MR) is 205 cm³/mol. The summed E-state index contributed by atoms with van der Waals surface area (Å²) in [6.45, 7) is 14.2. The van der Waals surface area contributed by atoms with Gasteiger partial charge in [0.05, 0.1) is 13.2 Å². The van der Waals surface area contributed by atoms with Crippen LogP contribution in [-0.2, 0) is 24.5 Å². The van der Waals surface area contributed by atoms with Crippen molar-refractivity contribution in [2.24, 2.45) is 0 Å². The zero-order chi connectivity index (χ0) is 37.3. The molecule has 2 aliphatic rings. The van der Waals surface area contributed by atoms with E-state index in [1.54, 1.807) is 0 Å². The standard InChI is InChI=1S/C21H24O4.C18H32O2.C4H6O2/c1-21(2,15-3-7-17(8-4-15)22-11-19-13-24-19)16-5-9-18(10-6-16)23-12-20-14-25-20;1-2-3-4-5-6-7-8-9-10-11-12-13-14-15-16-17-18(19)20;1-3(2)4(5)6/h3-10,19-20H,11-14H2,1-2H3;6-7,9-10H,2-5,8,11-17H2,1H3,(H,19,20);1H2,2H3,(H,5,6)/b;7-6-,10-9-;. The summed E-state index contributed by atoms with van der Waals surface area (Å²) in [6, 6.07) is 16.7. The van der Waals surface area contributed by atoms with Crippen molar-refractivity contribution in [3.63, 3.8) is 0 Å². The number of carbonyl (C=O) groups is 2. The molecule has 2 atom stereocenters. The second kappa shape index (κ2) is 25.1. The molecule has 51 heavy (non-hydrogen) atoms. The van der Waals surface area contributed by atoms with Gasteiger partial charge in [-0.1, -0.05) is 108 Å². The van der Waals surface area contributed by atoms with Crippen LogP contribution in [-0.4, -0.2) is 60.8 Å². The van der Waals surface area contributed by atoms with Crippen molar-refractivity contribution in [2.45, 2.75) is 122 Å². The molecule has 8 heteroatoms.